The molecule has 1 amide bonds. The summed E-state index contributed by atoms with van der Waals surface area (Å²) in [5, 5.41) is 7.12. The molecule has 0 aromatic rings. The van der Waals surface area contributed by atoms with Crippen molar-refractivity contribution in [2.45, 2.75) is 105 Å². The molecule has 3 rings (SSSR count). The molecule has 0 spiro atoms. The monoisotopic (exact) mass is 518 g/mol. The molecule has 8 atom stereocenters. The first kappa shape index (κ1) is 27.0. The Kier molecular flexibility index (Phi) is 8.97. The topological polar surface area (TPSA) is 108 Å². The zero-order valence-electron chi connectivity index (χ0n) is 18.7. The second-order valence-corrected chi connectivity index (χ2v) is 12.0. The third-order valence-corrected chi connectivity index (χ3v) is 9.18. The van der Waals surface area contributed by atoms with Gasteiger partial charge in [0.2, 0.25) is 15.9 Å². The average Bonchev–Trinajstić information content (AvgIpc) is 2.73. The van der Waals surface area contributed by atoms with E-state index in [-0.39, 0.29) is 55.2 Å². The number of hydrogen-bond acceptors (Lipinski definition) is 5. The maximum Gasteiger partial charge on any atom is 0.391 e. The van der Waals surface area contributed by atoms with Crippen LogP contribution in [0.15, 0.2) is 0 Å². The molecule has 7 nitrogen and oxygen atoms in total. The van der Waals surface area contributed by atoms with Gasteiger partial charge in [0, 0.05) is 13.2 Å². The number of sulfonamides is 1. The molecule has 12 heteroatoms. The number of alkyl halides is 4. The van der Waals surface area contributed by atoms with Gasteiger partial charge in [0.15, 0.2) is 0 Å². The summed E-state index contributed by atoms with van der Waals surface area (Å²) in [5.41, 5.74) is 0. The summed E-state index contributed by atoms with van der Waals surface area (Å²) < 4.78 is 75.2. The highest BCUT2D eigenvalue weighted by atomic mass is 35.5. The number of halogens is 4. The maximum atomic E-state index is 13.4. The zero-order valence-corrected chi connectivity index (χ0v) is 20.3. The molecule has 192 valence electrons. The van der Waals surface area contributed by atoms with Crippen LogP contribution < -0.4 is 10.5 Å². The van der Waals surface area contributed by atoms with E-state index in [0.29, 0.717) is 38.5 Å². The van der Waals surface area contributed by atoms with E-state index in [9.17, 15) is 26.4 Å². The number of carbonyl (C=O) groups is 1. The fraction of sp³-hybridized carbons (Fsp3) is 0.952. The minimum Gasteiger partial charge on any atom is -0.380 e. The van der Waals surface area contributed by atoms with Crippen molar-refractivity contribution in [1.29, 1.82) is 0 Å². The number of nitrogens with two attached hydrogens (primary N) is 1. The van der Waals surface area contributed by atoms with Crippen molar-refractivity contribution in [1.82, 2.24) is 5.32 Å². The molecule has 0 aliphatic heterocycles. The average molecular weight is 519 g/mol. The van der Waals surface area contributed by atoms with Crippen molar-refractivity contribution in [3.63, 3.8) is 0 Å². The van der Waals surface area contributed by atoms with Crippen LogP contribution in [0.3, 0.4) is 0 Å². The predicted molar refractivity (Wildman–Crippen MR) is 117 cm³/mol. The number of rotatable bonds is 6. The van der Waals surface area contributed by atoms with Gasteiger partial charge in [-0.1, -0.05) is 6.42 Å². The Bertz CT molecular complexity index is 784. The van der Waals surface area contributed by atoms with Crippen molar-refractivity contribution in [2.75, 3.05) is 7.11 Å². The van der Waals surface area contributed by atoms with Gasteiger partial charge < -0.3 is 14.8 Å². The molecule has 0 aromatic heterocycles. The van der Waals surface area contributed by atoms with Crippen molar-refractivity contribution < 1.29 is 35.9 Å². The molecule has 3 N–H and O–H groups in total. The van der Waals surface area contributed by atoms with Crippen LogP contribution in [0, 0.1) is 11.8 Å². The van der Waals surface area contributed by atoms with Gasteiger partial charge in [0.05, 0.1) is 40.8 Å². The molecule has 0 heterocycles. The second kappa shape index (κ2) is 11.0. The minimum absolute atomic E-state index is 0.0593. The van der Waals surface area contributed by atoms with Crippen LogP contribution in [0.2, 0.25) is 0 Å². The molecule has 8 unspecified atom stereocenters. The van der Waals surface area contributed by atoms with Crippen LogP contribution in [-0.2, 0) is 24.3 Å². The summed E-state index contributed by atoms with van der Waals surface area (Å²) in [6.45, 7) is 0. The lowest BCUT2D eigenvalue weighted by Gasteiger charge is -2.40. The molecule has 0 radical (unpaired) electrons. The lowest BCUT2D eigenvalue weighted by Crippen LogP contribution is -2.50. The number of ether oxygens (including phenoxy) is 2. The van der Waals surface area contributed by atoms with Crippen molar-refractivity contribution in [3.05, 3.63) is 0 Å². The lowest BCUT2D eigenvalue weighted by molar-refractivity contribution is -0.204. The summed E-state index contributed by atoms with van der Waals surface area (Å²) in [4.78, 5) is 13.1. The lowest BCUT2D eigenvalue weighted by atomic mass is 9.78. The van der Waals surface area contributed by atoms with Gasteiger partial charge in [0.25, 0.3) is 0 Å². The van der Waals surface area contributed by atoms with Crippen LogP contribution in [0.5, 0.6) is 0 Å². The van der Waals surface area contributed by atoms with E-state index in [1.54, 1.807) is 7.11 Å². The van der Waals surface area contributed by atoms with E-state index in [0.717, 1.165) is 0 Å². The van der Waals surface area contributed by atoms with Gasteiger partial charge in [-0.3, -0.25) is 4.79 Å². The summed E-state index contributed by atoms with van der Waals surface area (Å²) in [7, 11) is -2.14. The Morgan fingerprint density at radius 3 is 2.36 bits per heavy atom. The fourth-order valence-corrected chi connectivity index (χ4v) is 6.87. The van der Waals surface area contributed by atoms with Gasteiger partial charge in [-0.15, -0.1) is 11.6 Å². The normalized spacial score (nSPS) is 38.6. The van der Waals surface area contributed by atoms with Gasteiger partial charge in [-0.05, 0) is 57.8 Å². The Labute approximate surface area is 198 Å². The minimum atomic E-state index is -4.35. The SMILES string of the molecule is COC1CCC(OC2CC(C(F)(F)F)CCC2C(=O)NC2CCCC(S(N)(=O)=O)C2)CC1Cl. The fourth-order valence-electron chi connectivity index (χ4n) is 5.45. The zero-order chi connectivity index (χ0) is 24.4. The van der Waals surface area contributed by atoms with Gasteiger partial charge in [-0.25, -0.2) is 13.6 Å². The Morgan fingerprint density at radius 2 is 1.76 bits per heavy atom. The number of hydrogen-bond donors (Lipinski definition) is 2. The highest BCUT2D eigenvalue weighted by Crippen LogP contribution is 2.42. The first-order valence-corrected chi connectivity index (χ1v) is 13.6. The van der Waals surface area contributed by atoms with E-state index >= 15 is 0 Å². The molecule has 0 aromatic carbocycles. The van der Waals surface area contributed by atoms with E-state index in [2.05, 4.69) is 5.32 Å². The van der Waals surface area contributed by atoms with Crippen molar-refractivity contribution in [3.8, 4) is 0 Å². The molecule has 33 heavy (non-hydrogen) atoms. The van der Waals surface area contributed by atoms with Gasteiger partial charge in [-0.2, -0.15) is 13.2 Å². The van der Waals surface area contributed by atoms with Crippen molar-refractivity contribution in [2.24, 2.45) is 17.0 Å². The highest BCUT2D eigenvalue weighted by Gasteiger charge is 2.48. The standard InChI is InChI=1S/C21H34ClF3N2O5S/c1-31-18-8-6-14(11-17(18)22)32-19-9-12(21(23,24)25)5-7-16(19)20(28)27-13-3-2-4-15(10-13)33(26,29)30/h12-19H,2-11H2,1H3,(H,27,28)(H2,26,29,30). The molecule has 3 saturated carbocycles. The summed E-state index contributed by atoms with van der Waals surface area (Å²) >= 11 is 6.35. The van der Waals surface area contributed by atoms with Crippen LogP contribution >= 0.6 is 11.6 Å². The number of carbonyl (C=O) groups excluding carboxylic acids is 1. The van der Waals surface area contributed by atoms with Crippen LogP contribution in [0.25, 0.3) is 0 Å². The maximum absolute atomic E-state index is 13.4. The predicted octanol–water partition coefficient (Wildman–Crippen LogP) is 3.24. The smallest absolute Gasteiger partial charge is 0.380 e. The molecule has 3 fully saturated rings. The first-order chi connectivity index (χ1) is 15.4. The van der Waals surface area contributed by atoms with E-state index in [4.69, 9.17) is 26.2 Å². The molecular weight excluding hydrogens is 485 g/mol. The number of nitrogens with one attached hydrogen (secondary N) is 1. The molecule has 3 aliphatic rings. The highest BCUT2D eigenvalue weighted by molar-refractivity contribution is 7.89. The molecule has 0 saturated heterocycles. The molecular formula is C21H34ClF3N2O5S. The summed E-state index contributed by atoms with van der Waals surface area (Å²) in [5.74, 6) is -2.63. The second-order valence-electron chi connectivity index (χ2n) is 9.64. The number of methoxy groups -OCH3 is 1. The Morgan fingerprint density at radius 1 is 1.03 bits per heavy atom. The molecule has 3 aliphatic carbocycles. The van der Waals surface area contributed by atoms with Gasteiger partial charge >= 0.3 is 6.18 Å². The van der Waals surface area contributed by atoms with Crippen LogP contribution in [-0.4, -0.2) is 62.6 Å². The number of amides is 1. The van der Waals surface area contributed by atoms with E-state index < -0.39 is 39.4 Å². The Hall–Kier alpha value is -0.620. The summed E-state index contributed by atoms with van der Waals surface area (Å²) in [6, 6.07) is -0.375. The van der Waals surface area contributed by atoms with Crippen LogP contribution in [0.1, 0.15) is 64.2 Å². The van der Waals surface area contributed by atoms with Crippen LogP contribution in [0.4, 0.5) is 13.2 Å². The van der Waals surface area contributed by atoms with Gasteiger partial charge in [0.1, 0.15) is 0 Å². The van der Waals surface area contributed by atoms with Crippen molar-refractivity contribution >= 4 is 27.5 Å². The largest absolute Gasteiger partial charge is 0.391 e. The van der Waals surface area contributed by atoms with E-state index in [1.807, 2.05) is 0 Å². The summed E-state index contributed by atoms with van der Waals surface area (Å²) in [6.07, 6.45) is -2.50. The third kappa shape index (κ3) is 7.19. The quantitative estimate of drug-likeness (QED) is 0.525. The first-order valence-electron chi connectivity index (χ1n) is 11.6. The van der Waals surface area contributed by atoms with E-state index in [1.165, 1.54) is 0 Å². The molecule has 0 bridgehead atoms. The number of primary sulfonamides is 1. The third-order valence-electron chi connectivity index (χ3n) is 7.36. The Balaban J connectivity index is 1.67.